The van der Waals surface area contributed by atoms with Crippen LogP contribution in [0.1, 0.15) is 41.5 Å². The molecule has 0 saturated carbocycles. The lowest BCUT2D eigenvalue weighted by atomic mass is 9.91. The van der Waals surface area contributed by atoms with Gasteiger partial charge in [-0.1, -0.05) is 6.92 Å². The van der Waals surface area contributed by atoms with Gasteiger partial charge in [0.2, 0.25) is 0 Å². The summed E-state index contributed by atoms with van der Waals surface area (Å²) >= 11 is 0. The van der Waals surface area contributed by atoms with Gasteiger partial charge in [-0.05, 0) is 6.08 Å². The van der Waals surface area contributed by atoms with Gasteiger partial charge in [-0.15, -0.1) is 0 Å². The van der Waals surface area contributed by atoms with Crippen molar-refractivity contribution in [2.24, 2.45) is 5.92 Å². The first-order chi connectivity index (χ1) is 16.9. The number of carbonyl (C=O) groups excluding carboxylic acids is 5. The van der Waals surface area contributed by atoms with Crippen molar-refractivity contribution in [1.82, 2.24) is 0 Å². The van der Waals surface area contributed by atoms with Crippen LogP contribution in [0.25, 0.3) is 0 Å². The lowest BCUT2D eigenvalue weighted by molar-refractivity contribution is -0.312. The molecule has 0 N–H and O–H groups in total. The fraction of sp³-hybridized carbons (Fsp3) is 0.696. The summed E-state index contributed by atoms with van der Waals surface area (Å²) in [6.07, 6.45) is -4.43. The summed E-state index contributed by atoms with van der Waals surface area (Å²) in [7, 11) is 0. The summed E-state index contributed by atoms with van der Waals surface area (Å²) in [4.78, 5) is 58.1. The minimum atomic E-state index is -1.14. The fourth-order valence-corrected chi connectivity index (χ4v) is 3.80. The molecule has 0 aromatic heterocycles. The van der Waals surface area contributed by atoms with E-state index in [1.165, 1.54) is 47.0 Å². The highest BCUT2D eigenvalue weighted by Gasteiger charge is 2.51. The Balaban J connectivity index is 2.37. The van der Waals surface area contributed by atoms with E-state index in [0.29, 0.717) is 0 Å². The van der Waals surface area contributed by atoms with E-state index in [-0.39, 0.29) is 13.2 Å². The molecule has 13 nitrogen and oxygen atoms in total. The van der Waals surface area contributed by atoms with Crippen LogP contribution in [0, 0.1) is 5.92 Å². The normalized spacial score (nSPS) is 31.4. The first-order valence-corrected chi connectivity index (χ1v) is 11.3. The topological polar surface area (TPSA) is 159 Å². The molecule has 0 aromatic rings. The van der Waals surface area contributed by atoms with Gasteiger partial charge in [-0.2, -0.15) is 0 Å². The molecular weight excluding hydrogens is 484 g/mol. The van der Waals surface area contributed by atoms with E-state index in [9.17, 15) is 24.0 Å². The van der Waals surface area contributed by atoms with Crippen LogP contribution < -0.4 is 0 Å². The Labute approximate surface area is 208 Å². The third-order valence-corrected chi connectivity index (χ3v) is 5.26. The second-order valence-corrected chi connectivity index (χ2v) is 8.33. The molecule has 0 amide bonds. The Morgan fingerprint density at radius 3 is 1.75 bits per heavy atom. The standard InChI is InChI=1S/C23H32O13/c1-11-20(33-15(5)27)22(34-16(6)28)19(10-31-13(3)25)35-23(11)36-21-17(32-14(4)26)7-8-29-18(21)9-30-12(2)24/h7-8,11,17-23H,9-10H2,1-6H3/t11-,17-,18-,19-,20-,21+,22-,23+/m1/s1. The number of hydrogen-bond donors (Lipinski definition) is 0. The SMILES string of the molecule is CC(=O)OC[C@H]1O[C@@H](O[C@H]2[C@H](OC(C)=O)C=CO[C@@H]2COC(C)=O)[C@H](C)[C@@H](OC(C)=O)[C@@H]1OC(C)=O. The average molecular weight is 516 g/mol. The van der Waals surface area contributed by atoms with Gasteiger partial charge < -0.3 is 37.9 Å². The smallest absolute Gasteiger partial charge is 0.303 e. The molecule has 2 rings (SSSR count). The van der Waals surface area contributed by atoms with Gasteiger partial charge in [0.1, 0.15) is 31.5 Å². The van der Waals surface area contributed by atoms with Crippen LogP contribution in [0.4, 0.5) is 0 Å². The van der Waals surface area contributed by atoms with Gasteiger partial charge in [0.25, 0.3) is 0 Å². The largest absolute Gasteiger partial charge is 0.492 e. The van der Waals surface area contributed by atoms with Crippen LogP contribution in [-0.4, -0.2) is 86.0 Å². The Morgan fingerprint density at radius 1 is 0.694 bits per heavy atom. The van der Waals surface area contributed by atoms with E-state index in [1.54, 1.807) is 6.92 Å². The van der Waals surface area contributed by atoms with Gasteiger partial charge in [-0.3, -0.25) is 24.0 Å². The molecule has 0 aromatic carbocycles. The molecule has 2 aliphatic heterocycles. The number of ether oxygens (including phenoxy) is 8. The number of carbonyl (C=O) groups is 5. The molecule has 0 radical (unpaired) electrons. The summed E-state index contributed by atoms with van der Waals surface area (Å²) in [6, 6.07) is 0. The molecule has 0 bridgehead atoms. The van der Waals surface area contributed by atoms with Gasteiger partial charge in [-0.25, -0.2) is 0 Å². The van der Waals surface area contributed by atoms with Crippen LogP contribution in [0.5, 0.6) is 0 Å². The van der Waals surface area contributed by atoms with Crippen molar-refractivity contribution in [3.05, 3.63) is 12.3 Å². The van der Waals surface area contributed by atoms with Gasteiger partial charge in [0.15, 0.2) is 24.6 Å². The Bertz CT molecular complexity index is 853. The highest BCUT2D eigenvalue weighted by Crippen LogP contribution is 2.34. The van der Waals surface area contributed by atoms with Crippen LogP contribution in [0.15, 0.2) is 12.3 Å². The summed E-state index contributed by atoms with van der Waals surface area (Å²) in [5.74, 6) is -3.79. The molecule has 36 heavy (non-hydrogen) atoms. The molecular formula is C23H32O13. The Hall–Kier alpha value is -3.19. The van der Waals surface area contributed by atoms with Crippen LogP contribution in [0.2, 0.25) is 0 Å². The maximum Gasteiger partial charge on any atom is 0.303 e. The zero-order valence-electron chi connectivity index (χ0n) is 21.0. The average Bonchev–Trinajstić information content (AvgIpc) is 2.76. The first kappa shape index (κ1) is 29.0. The second-order valence-electron chi connectivity index (χ2n) is 8.33. The van der Waals surface area contributed by atoms with Crippen LogP contribution in [0.3, 0.4) is 0 Å². The van der Waals surface area contributed by atoms with Crippen molar-refractivity contribution < 1.29 is 61.9 Å². The predicted octanol–water partition coefficient (Wildman–Crippen LogP) is 0.566. The van der Waals surface area contributed by atoms with E-state index in [4.69, 9.17) is 37.9 Å². The second kappa shape index (κ2) is 13.2. The highest BCUT2D eigenvalue weighted by molar-refractivity contribution is 5.68. The molecule has 202 valence electrons. The third-order valence-electron chi connectivity index (χ3n) is 5.26. The lowest BCUT2D eigenvalue weighted by Crippen LogP contribution is -2.60. The van der Waals surface area contributed by atoms with E-state index in [0.717, 1.165) is 0 Å². The van der Waals surface area contributed by atoms with Crippen molar-refractivity contribution in [2.75, 3.05) is 13.2 Å². The maximum atomic E-state index is 11.9. The molecule has 0 spiro atoms. The summed E-state index contributed by atoms with van der Waals surface area (Å²) < 4.78 is 44.0. The van der Waals surface area contributed by atoms with Gasteiger partial charge in [0, 0.05) is 40.5 Å². The Morgan fingerprint density at radius 2 is 1.22 bits per heavy atom. The summed E-state index contributed by atoms with van der Waals surface area (Å²) in [6.45, 7) is 7.09. The lowest BCUT2D eigenvalue weighted by Gasteiger charge is -2.45. The van der Waals surface area contributed by atoms with Gasteiger partial charge >= 0.3 is 29.8 Å². The van der Waals surface area contributed by atoms with Crippen molar-refractivity contribution in [2.45, 2.75) is 84.5 Å². The third kappa shape index (κ3) is 8.48. The van der Waals surface area contributed by atoms with Crippen LogP contribution >= 0.6 is 0 Å². The zero-order valence-corrected chi connectivity index (χ0v) is 21.0. The van der Waals surface area contributed by atoms with E-state index >= 15 is 0 Å². The first-order valence-electron chi connectivity index (χ1n) is 11.3. The van der Waals surface area contributed by atoms with Gasteiger partial charge in [0.05, 0.1) is 6.26 Å². The number of esters is 5. The minimum absolute atomic E-state index is 0.219. The molecule has 1 saturated heterocycles. The molecule has 2 heterocycles. The van der Waals surface area contributed by atoms with Crippen LogP contribution in [-0.2, 0) is 61.9 Å². The molecule has 0 aliphatic carbocycles. The summed E-state index contributed by atoms with van der Waals surface area (Å²) in [5.41, 5.74) is 0. The minimum Gasteiger partial charge on any atom is -0.492 e. The number of rotatable bonds is 9. The summed E-state index contributed by atoms with van der Waals surface area (Å²) in [5, 5.41) is 0. The highest BCUT2D eigenvalue weighted by atomic mass is 16.7. The van der Waals surface area contributed by atoms with Crippen molar-refractivity contribution in [3.8, 4) is 0 Å². The van der Waals surface area contributed by atoms with Crippen molar-refractivity contribution >= 4 is 29.8 Å². The predicted molar refractivity (Wildman–Crippen MR) is 117 cm³/mol. The molecule has 0 unspecified atom stereocenters. The number of hydrogen-bond acceptors (Lipinski definition) is 13. The van der Waals surface area contributed by atoms with Crippen molar-refractivity contribution in [3.63, 3.8) is 0 Å². The molecule has 13 heteroatoms. The maximum absolute atomic E-state index is 11.9. The molecule has 8 atom stereocenters. The van der Waals surface area contributed by atoms with E-state index in [2.05, 4.69) is 0 Å². The Kier molecular flexibility index (Phi) is 10.7. The van der Waals surface area contributed by atoms with E-state index in [1.807, 2.05) is 0 Å². The molecule has 2 aliphatic rings. The molecule has 1 fully saturated rings. The van der Waals surface area contributed by atoms with Crippen molar-refractivity contribution in [1.29, 1.82) is 0 Å². The fourth-order valence-electron chi connectivity index (χ4n) is 3.80. The quantitative estimate of drug-likeness (QED) is 0.309. The van der Waals surface area contributed by atoms with E-state index < -0.39 is 78.7 Å². The zero-order chi connectivity index (χ0) is 27.0. The monoisotopic (exact) mass is 516 g/mol.